The molecular formula is C12H13BrFN5O. The molecule has 1 aromatic carbocycles. The van der Waals surface area contributed by atoms with Crippen LogP contribution in [0.4, 0.5) is 4.39 Å². The molecule has 0 saturated carbocycles. The van der Waals surface area contributed by atoms with Crippen molar-refractivity contribution in [3.63, 3.8) is 0 Å². The van der Waals surface area contributed by atoms with Gasteiger partial charge in [-0.25, -0.2) is 4.39 Å². The third-order valence-electron chi connectivity index (χ3n) is 2.36. The Kier molecular flexibility index (Phi) is 4.43. The molecule has 106 valence electrons. The summed E-state index contributed by atoms with van der Waals surface area (Å²) in [5.74, 6) is -0.340. The highest BCUT2D eigenvalue weighted by atomic mass is 79.9. The van der Waals surface area contributed by atoms with E-state index < -0.39 is 5.82 Å². The number of nitrogens with one attached hydrogen (secondary N) is 1. The molecule has 20 heavy (non-hydrogen) atoms. The first kappa shape index (κ1) is 14.6. The Hall–Kier alpha value is -1.83. The first-order valence-electron chi connectivity index (χ1n) is 5.98. The largest absolute Gasteiger partial charge is 0.352 e. The summed E-state index contributed by atoms with van der Waals surface area (Å²) in [6, 6.07) is 4.24. The van der Waals surface area contributed by atoms with Crippen LogP contribution in [0.25, 0.3) is 11.4 Å². The number of rotatable bonds is 4. The maximum absolute atomic E-state index is 13.2. The van der Waals surface area contributed by atoms with E-state index in [2.05, 4.69) is 36.7 Å². The van der Waals surface area contributed by atoms with Crippen LogP contribution < -0.4 is 5.32 Å². The molecule has 8 heteroatoms. The minimum Gasteiger partial charge on any atom is -0.352 e. The highest BCUT2D eigenvalue weighted by Gasteiger charge is 2.12. The molecule has 1 N–H and O–H groups in total. The van der Waals surface area contributed by atoms with Gasteiger partial charge >= 0.3 is 0 Å². The molecule has 0 atom stereocenters. The van der Waals surface area contributed by atoms with Crippen molar-refractivity contribution in [2.75, 3.05) is 0 Å². The second-order valence-electron chi connectivity index (χ2n) is 4.49. The Morgan fingerprint density at radius 1 is 1.50 bits per heavy atom. The van der Waals surface area contributed by atoms with Gasteiger partial charge in [0.15, 0.2) is 0 Å². The predicted octanol–water partition coefficient (Wildman–Crippen LogP) is 1.77. The van der Waals surface area contributed by atoms with Crippen molar-refractivity contribution in [1.82, 2.24) is 25.5 Å². The van der Waals surface area contributed by atoms with Crippen LogP contribution in [0.15, 0.2) is 22.7 Å². The lowest BCUT2D eigenvalue weighted by atomic mass is 10.2. The molecule has 0 saturated heterocycles. The van der Waals surface area contributed by atoms with Crippen molar-refractivity contribution >= 4 is 21.8 Å². The summed E-state index contributed by atoms with van der Waals surface area (Å²) in [6.07, 6.45) is 0. The molecule has 0 fully saturated rings. The number of tetrazole rings is 1. The minimum absolute atomic E-state index is 0.0296. The molecule has 6 nitrogen and oxygen atoms in total. The zero-order valence-corrected chi connectivity index (χ0v) is 12.6. The number of hydrogen-bond donors (Lipinski definition) is 1. The monoisotopic (exact) mass is 341 g/mol. The SMILES string of the molecule is CC(C)NC(=O)Cn1nnc(-c2cc(F)ccc2Br)n1. The molecule has 0 radical (unpaired) electrons. The zero-order chi connectivity index (χ0) is 14.7. The highest BCUT2D eigenvalue weighted by molar-refractivity contribution is 9.10. The Morgan fingerprint density at radius 2 is 2.25 bits per heavy atom. The van der Waals surface area contributed by atoms with E-state index in [4.69, 9.17) is 0 Å². The van der Waals surface area contributed by atoms with Crippen molar-refractivity contribution in [1.29, 1.82) is 0 Å². The lowest BCUT2D eigenvalue weighted by Gasteiger charge is -2.06. The van der Waals surface area contributed by atoms with Crippen LogP contribution in [0.3, 0.4) is 0 Å². The Morgan fingerprint density at radius 3 is 2.95 bits per heavy atom. The van der Waals surface area contributed by atoms with E-state index in [1.807, 2.05) is 13.8 Å². The van der Waals surface area contributed by atoms with Crippen molar-refractivity contribution < 1.29 is 9.18 Å². The van der Waals surface area contributed by atoms with Crippen molar-refractivity contribution in [2.24, 2.45) is 0 Å². The number of carbonyl (C=O) groups is 1. The lowest BCUT2D eigenvalue weighted by Crippen LogP contribution is -2.33. The number of nitrogens with zero attached hydrogens (tertiary/aromatic N) is 4. The topological polar surface area (TPSA) is 72.7 Å². The van der Waals surface area contributed by atoms with Crippen LogP contribution in [-0.4, -0.2) is 32.2 Å². The van der Waals surface area contributed by atoms with E-state index in [9.17, 15) is 9.18 Å². The van der Waals surface area contributed by atoms with Crippen LogP contribution in [0.2, 0.25) is 0 Å². The Balaban J connectivity index is 2.16. The van der Waals surface area contributed by atoms with Gasteiger partial charge < -0.3 is 5.32 Å². The normalized spacial score (nSPS) is 10.8. The van der Waals surface area contributed by atoms with E-state index in [1.165, 1.54) is 16.9 Å². The van der Waals surface area contributed by atoms with Crippen LogP contribution >= 0.6 is 15.9 Å². The fraction of sp³-hybridized carbons (Fsp3) is 0.333. The first-order chi connectivity index (χ1) is 9.45. The van der Waals surface area contributed by atoms with Crippen LogP contribution in [0.1, 0.15) is 13.8 Å². The first-order valence-corrected chi connectivity index (χ1v) is 6.77. The van der Waals surface area contributed by atoms with Gasteiger partial charge in [-0.3, -0.25) is 4.79 Å². The summed E-state index contributed by atoms with van der Waals surface area (Å²) < 4.78 is 13.9. The van der Waals surface area contributed by atoms with E-state index in [-0.39, 0.29) is 24.3 Å². The van der Waals surface area contributed by atoms with Gasteiger partial charge in [0.1, 0.15) is 12.4 Å². The van der Waals surface area contributed by atoms with E-state index in [1.54, 1.807) is 6.07 Å². The van der Waals surface area contributed by atoms with Crippen LogP contribution in [-0.2, 0) is 11.3 Å². The van der Waals surface area contributed by atoms with Gasteiger partial charge in [0.25, 0.3) is 0 Å². The van der Waals surface area contributed by atoms with Crippen molar-refractivity contribution in [3.8, 4) is 11.4 Å². The van der Waals surface area contributed by atoms with Gasteiger partial charge in [-0.2, -0.15) is 4.80 Å². The molecule has 0 bridgehead atoms. The molecule has 1 heterocycles. The van der Waals surface area contributed by atoms with Crippen LogP contribution in [0, 0.1) is 5.82 Å². The maximum Gasteiger partial charge on any atom is 0.243 e. The molecule has 0 aliphatic rings. The van der Waals surface area contributed by atoms with E-state index in [0.717, 1.165) is 0 Å². The smallest absolute Gasteiger partial charge is 0.243 e. The minimum atomic E-state index is -0.392. The number of hydrogen-bond acceptors (Lipinski definition) is 4. The number of amides is 1. The van der Waals surface area contributed by atoms with Gasteiger partial charge in [-0.05, 0) is 37.3 Å². The number of benzene rings is 1. The summed E-state index contributed by atoms with van der Waals surface area (Å²) >= 11 is 3.30. The van der Waals surface area contributed by atoms with Gasteiger partial charge in [0.05, 0.1) is 0 Å². The predicted molar refractivity (Wildman–Crippen MR) is 74.2 cm³/mol. The van der Waals surface area contributed by atoms with Crippen LogP contribution in [0.5, 0.6) is 0 Å². The Labute approximate surface area is 123 Å². The number of carbonyl (C=O) groups excluding carboxylic acids is 1. The molecule has 0 aliphatic heterocycles. The summed E-state index contributed by atoms with van der Waals surface area (Å²) in [6.45, 7) is 3.70. The quantitative estimate of drug-likeness (QED) is 0.919. The zero-order valence-electron chi connectivity index (χ0n) is 11.0. The summed E-state index contributed by atoms with van der Waals surface area (Å²) in [4.78, 5) is 12.8. The second-order valence-corrected chi connectivity index (χ2v) is 5.34. The molecule has 1 aromatic heterocycles. The highest BCUT2D eigenvalue weighted by Crippen LogP contribution is 2.25. The molecular weight excluding hydrogens is 329 g/mol. The third-order valence-corrected chi connectivity index (χ3v) is 3.05. The van der Waals surface area contributed by atoms with Crippen molar-refractivity contribution in [2.45, 2.75) is 26.4 Å². The van der Waals surface area contributed by atoms with Gasteiger partial charge in [0, 0.05) is 16.1 Å². The van der Waals surface area contributed by atoms with Gasteiger partial charge in [-0.15, -0.1) is 10.2 Å². The molecule has 0 unspecified atom stereocenters. The fourth-order valence-corrected chi connectivity index (χ4v) is 2.01. The maximum atomic E-state index is 13.2. The Bertz CT molecular complexity index is 628. The lowest BCUT2D eigenvalue weighted by molar-refractivity contribution is -0.122. The average Bonchev–Trinajstić information content (AvgIpc) is 2.79. The summed E-state index contributed by atoms with van der Waals surface area (Å²) in [5, 5.41) is 14.4. The fourth-order valence-electron chi connectivity index (χ4n) is 1.58. The molecule has 0 spiro atoms. The summed E-state index contributed by atoms with van der Waals surface area (Å²) in [5.41, 5.74) is 0.487. The van der Waals surface area contributed by atoms with Gasteiger partial charge in [0.2, 0.25) is 11.7 Å². The van der Waals surface area contributed by atoms with E-state index in [0.29, 0.717) is 10.0 Å². The average molecular weight is 342 g/mol. The van der Waals surface area contributed by atoms with Crippen molar-refractivity contribution in [3.05, 3.63) is 28.5 Å². The second kappa shape index (κ2) is 6.08. The standard InChI is InChI=1S/C12H13BrFN5O/c1-7(2)15-11(20)6-19-17-12(16-18-19)9-5-8(14)3-4-10(9)13/h3-5,7H,6H2,1-2H3,(H,15,20). The summed E-state index contributed by atoms with van der Waals surface area (Å²) in [7, 11) is 0. The van der Waals surface area contributed by atoms with E-state index >= 15 is 0 Å². The number of halogens is 2. The molecule has 2 rings (SSSR count). The van der Waals surface area contributed by atoms with Gasteiger partial charge in [-0.1, -0.05) is 15.9 Å². The molecule has 2 aromatic rings. The third kappa shape index (κ3) is 3.60. The number of aromatic nitrogens is 4. The molecule has 1 amide bonds. The molecule has 0 aliphatic carbocycles.